The van der Waals surface area contributed by atoms with Crippen LogP contribution in [-0.2, 0) is 4.79 Å². The monoisotopic (exact) mass is 236 g/mol. The zero-order valence-electron chi connectivity index (χ0n) is 9.59. The minimum Gasteiger partial charge on any atom is -0.326 e. The molecule has 0 aromatic carbocycles. The summed E-state index contributed by atoms with van der Waals surface area (Å²) in [5.41, 5.74) is 1.17. The molecule has 1 amide bonds. The predicted octanol–water partition coefficient (Wildman–Crippen LogP) is 2.31. The molecule has 86 valence electrons. The van der Waals surface area contributed by atoms with Gasteiger partial charge in [-0.2, -0.15) is 0 Å². The second kappa shape index (κ2) is 4.87. The van der Waals surface area contributed by atoms with Crippen LogP contribution in [0, 0.1) is 5.92 Å². The van der Waals surface area contributed by atoms with Crippen LogP contribution in [0.2, 0.25) is 0 Å². The van der Waals surface area contributed by atoms with Gasteiger partial charge in [0.25, 0.3) is 0 Å². The van der Waals surface area contributed by atoms with Crippen molar-refractivity contribution >= 4 is 17.7 Å². The highest BCUT2D eigenvalue weighted by Gasteiger charge is 2.32. The van der Waals surface area contributed by atoms with Crippen LogP contribution >= 0.6 is 11.8 Å². The topological polar surface area (TPSA) is 33.2 Å². The standard InChI is InChI=1S/C12H16N2OS/c1-9(2)7-14-11(15)8-16-12(14)10-3-5-13-6-4-10/h3-6,9,12H,7-8H2,1-2H3. The van der Waals surface area contributed by atoms with E-state index in [1.165, 1.54) is 5.56 Å². The van der Waals surface area contributed by atoms with E-state index in [-0.39, 0.29) is 11.3 Å². The van der Waals surface area contributed by atoms with Gasteiger partial charge < -0.3 is 4.90 Å². The molecule has 0 aliphatic carbocycles. The van der Waals surface area contributed by atoms with Crippen LogP contribution in [0.25, 0.3) is 0 Å². The summed E-state index contributed by atoms with van der Waals surface area (Å²) in [6.45, 7) is 5.11. The van der Waals surface area contributed by atoms with Crippen molar-refractivity contribution in [1.29, 1.82) is 0 Å². The minimum absolute atomic E-state index is 0.179. The number of nitrogens with zero attached hydrogens (tertiary/aromatic N) is 2. The van der Waals surface area contributed by atoms with Crippen LogP contribution in [0.15, 0.2) is 24.5 Å². The van der Waals surface area contributed by atoms with Crippen LogP contribution in [0.5, 0.6) is 0 Å². The zero-order chi connectivity index (χ0) is 11.5. The number of hydrogen-bond donors (Lipinski definition) is 0. The molecule has 1 unspecified atom stereocenters. The lowest BCUT2D eigenvalue weighted by Crippen LogP contribution is -2.31. The maximum Gasteiger partial charge on any atom is 0.233 e. The Kier molecular flexibility index (Phi) is 3.49. The van der Waals surface area contributed by atoms with Gasteiger partial charge in [0.2, 0.25) is 5.91 Å². The SMILES string of the molecule is CC(C)CN1C(=O)CSC1c1ccncc1. The molecule has 0 bridgehead atoms. The molecule has 2 rings (SSSR count). The summed E-state index contributed by atoms with van der Waals surface area (Å²) in [7, 11) is 0. The second-order valence-corrected chi connectivity index (χ2v) is 5.45. The normalized spacial score (nSPS) is 20.8. The van der Waals surface area contributed by atoms with E-state index in [0.29, 0.717) is 11.7 Å². The van der Waals surface area contributed by atoms with E-state index in [9.17, 15) is 4.79 Å². The molecule has 1 fully saturated rings. The average Bonchev–Trinajstić information content (AvgIpc) is 2.61. The summed E-state index contributed by atoms with van der Waals surface area (Å²) in [6, 6.07) is 3.98. The van der Waals surface area contributed by atoms with Gasteiger partial charge in [-0.15, -0.1) is 11.8 Å². The number of pyridine rings is 1. The first kappa shape index (κ1) is 11.5. The van der Waals surface area contributed by atoms with Crippen molar-refractivity contribution in [3.63, 3.8) is 0 Å². The molecule has 16 heavy (non-hydrogen) atoms. The highest BCUT2D eigenvalue weighted by Crippen LogP contribution is 2.38. The summed E-state index contributed by atoms with van der Waals surface area (Å²) in [4.78, 5) is 17.8. The summed E-state index contributed by atoms with van der Waals surface area (Å²) in [5.74, 6) is 1.35. The third-order valence-electron chi connectivity index (χ3n) is 2.52. The number of carbonyl (C=O) groups excluding carboxylic acids is 1. The van der Waals surface area contributed by atoms with Crippen molar-refractivity contribution in [2.45, 2.75) is 19.2 Å². The quantitative estimate of drug-likeness (QED) is 0.807. The van der Waals surface area contributed by atoms with E-state index in [1.807, 2.05) is 17.0 Å². The molecular formula is C12H16N2OS. The van der Waals surface area contributed by atoms with Crippen LogP contribution in [-0.4, -0.2) is 28.1 Å². The van der Waals surface area contributed by atoms with Crippen molar-refractivity contribution in [2.24, 2.45) is 5.92 Å². The summed E-state index contributed by atoms with van der Waals surface area (Å²) in [6.07, 6.45) is 3.57. The van der Waals surface area contributed by atoms with Crippen molar-refractivity contribution in [1.82, 2.24) is 9.88 Å². The summed E-state index contributed by atoms with van der Waals surface area (Å²) < 4.78 is 0. The van der Waals surface area contributed by atoms with Crippen molar-refractivity contribution in [3.8, 4) is 0 Å². The first-order valence-electron chi connectivity index (χ1n) is 5.49. The van der Waals surface area contributed by atoms with E-state index in [1.54, 1.807) is 24.2 Å². The second-order valence-electron chi connectivity index (χ2n) is 4.38. The molecule has 1 aliphatic rings. The molecule has 0 radical (unpaired) electrons. The number of amides is 1. The Morgan fingerprint density at radius 1 is 1.50 bits per heavy atom. The van der Waals surface area contributed by atoms with E-state index in [4.69, 9.17) is 0 Å². The minimum atomic E-state index is 0.179. The van der Waals surface area contributed by atoms with Gasteiger partial charge >= 0.3 is 0 Å². The fourth-order valence-corrected chi connectivity index (χ4v) is 3.05. The molecule has 0 N–H and O–H groups in total. The van der Waals surface area contributed by atoms with Crippen LogP contribution in [0.3, 0.4) is 0 Å². The Balaban J connectivity index is 2.18. The molecule has 1 atom stereocenters. The molecule has 1 aromatic rings. The largest absolute Gasteiger partial charge is 0.326 e. The summed E-state index contributed by atoms with van der Waals surface area (Å²) in [5, 5.41) is 0.179. The maximum absolute atomic E-state index is 11.8. The van der Waals surface area contributed by atoms with Crippen LogP contribution in [0.1, 0.15) is 24.8 Å². The molecule has 1 aliphatic heterocycles. The van der Waals surface area contributed by atoms with E-state index in [2.05, 4.69) is 18.8 Å². The third-order valence-corrected chi connectivity index (χ3v) is 3.78. The van der Waals surface area contributed by atoms with E-state index >= 15 is 0 Å². The van der Waals surface area contributed by atoms with Gasteiger partial charge in [0.05, 0.1) is 5.75 Å². The average molecular weight is 236 g/mol. The zero-order valence-corrected chi connectivity index (χ0v) is 10.4. The number of thioether (sulfide) groups is 1. The predicted molar refractivity (Wildman–Crippen MR) is 66.0 cm³/mol. The first-order valence-corrected chi connectivity index (χ1v) is 6.54. The van der Waals surface area contributed by atoms with E-state index < -0.39 is 0 Å². The summed E-state index contributed by atoms with van der Waals surface area (Å²) >= 11 is 1.70. The van der Waals surface area contributed by atoms with Gasteiger partial charge in [0.15, 0.2) is 0 Å². The Labute approximate surface area is 100 Å². The molecule has 0 spiro atoms. The molecule has 0 saturated carbocycles. The fourth-order valence-electron chi connectivity index (χ4n) is 1.85. The number of carbonyl (C=O) groups is 1. The lowest BCUT2D eigenvalue weighted by atomic mass is 10.2. The van der Waals surface area contributed by atoms with Crippen molar-refractivity contribution in [2.75, 3.05) is 12.3 Å². The third kappa shape index (κ3) is 2.38. The maximum atomic E-state index is 11.8. The molecular weight excluding hydrogens is 220 g/mol. The van der Waals surface area contributed by atoms with E-state index in [0.717, 1.165) is 6.54 Å². The molecule has 1 saturated heterocycles. The number of hydrogen-bond acceptors (Lipinski definition) is 3. The Morgan fingerprint density at radius 3 is 2.81 bits per heavy atom. The van der Waals surface area contributed by atoms with Crippen LogP contribution in [0.4, 0.5) is 0 Å². The van der Waals surface area contributed by atoms with Crippen LogP contribution < -0.4 is 0 Å². The smallest absolute Gasteiger partial charge is 0.233 e. The van der Waals surface area contributed by atoms with Gasteiger partial charge in [-0.1, -0.05) is 13.8 Å². The van der Waals surface area contributed by atoms with Crippen molar-refractivity contribution in [3.05, 3.63) is 30.1 Å². The Bertz CT molecular complexity index is 367. The van der Waals surface area contributed by atoms with Gasteiger partial charge in [0.1, 0.15) is 5.37 Å². The van der Waals surface area contributed by atoms with Gasteiger partial charge in [-0.05, 0) is 23.6 Å². The first-order chi connectivity index (χ1) is 7.68. The van der Waals surface area contributed by atoms with Gasteiger partial charge in [-0.3, -0.25) is 9.78 Å². The highest BCUT2D eigenvalue weighted by atomic mass is 32.2. The lowest BCUT2D eigenvalue weighted by Gasteiger charge is -2.25. The van der Waals surface area contributed by atoms with Gasteiger partial charge in [-0.25, -0.2) is 0 Å². The highest BCUT2D eigenvalue weighted by molar-refractivity contribution is 8.00. The van der Waals surface area contributed by atoms with Crippen molar-refractivity contribution < 1.29 is 4.79 Å². The molecule has 1 aromatic heterocycles. The fraction of sp³-hybridized carbons (Fsp3) is 0.500. The Hall–Kier alpha value is -1.03. The number of rotatable bonds is 3. The molecule has 4 heteroatoms. The lowest BCUT2D eigenvalue weighted by molar-refractivity contribution is -0.128. The Morgan fingerprint density at radius 2 is 2.19 bits per heavy atom. The molecule has 3 nitrogen and oxygen atoms in total. The molecule has 2 heterocycles. The van der Waals surface area contributed by atoms with Gasteiger partial charge in [0, 0.05) is 18.9 Å². The number of aromatic nitrogens is 1.